The summed E-state index contributed by atoms with van der Waals surface area (Å²) in [5.74, 6) is 2.29. The predicted octanol–water partition coefficient (Wildman–Crippen LogP) is 3.43. The van der Waals surface area contributed by atoms with Gasteiger partial charge >= 0.3 is 0 Å². The lowest BCUT2D eigenvalue weighted by atomic mass is 10.2. The molecule has 1 aromatic carbocycles. The summed E-state index contributed by atoms with van der Waals surface area (Å²) in [6.45, 7) is 4.75. The fourth-order valence-corrected chi connectivity index (χ4v) is 2.45. The van der Waals surface area contributed by atoms with E-state index in [1.54, 1.807) is 20.2 Å². The number of anilines is 2. The Balaban J connectivity index is 0.00000420. The number of halogens is 1. The highest BCUT2D eigenvalue weighted by Crippen LogP contribution is 2.30. The van der Waals surface area contributed by atoms with Crippen LogP contribution in [-0.4, -0.2) is 44.2 Å². The third kappa shape index (κ3) is 8.14. The molecule has 29 heavy (non-hydrogen) atoms. The molecule has 0 unspecified atom stereocenters. The smallest absolute Gasteiger partial charge is 0.227 e. The topological polar surface area (TPSA) is 96.9 Å². The average molecular weight is 513 g/mol. The molecule has 0 aliphatic rings. The molecule has 2 aromatic rings. The van der Waals surface area contributed by atoms with E-state index < -0.39 is 0 Å². The standard InChI is InChI=1S/C20H27N5O3.HI/c1-5-28-17-13-15(9-10-16(17)27-4)24-20(21-3)22-12-11-19(26)25-18-8-6-7-14(2)23-18;/h6-10,13H,5,11-12H2,1-4H3,(H2,21,22,24)(H,23,25,26);1H. The first-order valence-corrected chi connectivity index (χ1v) is 9.07. The van der Waals surface area contributed by atoms with Crippen molar-refractivity contribution in [3.63, 3.8) is 0 Å². The van der Waals surface area contributed by atoms with Gasteiger partial charge in [0.25, 0.3) is 0 Å². The monoisotopic (exact) mass is 513 g/mol. The highest BCUT2D eigenvalue weighted by molar-refractivity contribution is 14.0. The number of pyridine rings is 1. The molecule has 0 aliphatic heterocycles. The van der Waals surface area contributed by atoms with Crippen molar-refractivity contribution in [2.24, 2.45) is 4.99 Å². The van der Waals surface area contributed by atoms with E-state index in [1.165, 1.54) is 0 Å². The van der Waals surface area contributed by atoms with E-state index in [4.69, 9.17) is 9.47 Å². The summed E-state index contributed by atoms with van der Waals surface area (Å²) in [5.41, 5.74) is 1.65. The molecule has 2 rings (SSSR count). The summed E-state index contributed by atoms with van der Waals surface area (Å²) in [6.07, 6.45) is 0.281. The number of amides is 1. The van der Waals surface area contributed by atoms with Gasteiger partial charge in [0.05, 0.1) is 13.7 Å². The van der Waals surface area contributed by atoms with Crippen molar-refractivity contribution in [2.45, 2.75) is 20.3 Å². The maximum Gasteiger partial charge on any atom is 0.227 e. The van der Waals surface area contributed by atoms with Crippen molar-refractivity contribution in [1.82, 2.24) is 10.3 Å². The van der Waals surface area contributed by atoms with Crippen molar-refractivity contribution >= 4 is 47.3 Å². The van der Waals surface area contributed by atoms with Gasteiger partial charge in [-0.25, -0.2) is 4.98 Å². The van der Waals surface area contributed by atoms with Crippen molar-refractivity contribution in [3.8, 4) is 11.5 Å². The van der Waals surface area contributed by atoms with Gasteiger partial charge in [-0.3, -0.25) is 9.79 Å². The molecule has 0 saturated heterocycles. The highest BCUT2D eigenvalue weighted by Gasteiger charge is 2.08. The number of guanidine groups is 1. The van der Waals surface area contributed by atoms with Gasteiger partial charge in [0, 0.05) is 37.5 Å². The summed E-state index contributed by atoms with van der Waals surface area (Å²) < 4.78 is 10.9. The number of aryl methyl sites for hydroxylation is 1. The van der Waals surface area contributed by atoms with Crippen LogP contribution in [-0.2, 0) is 4.79 Å². The van der Waals surface area contributed by atoms with Crippen LogP contribution in [0.5, 0.6) is 11.5 Å². The largest absolute Gasteiger partial charge is 0.493 e. The number of aliphatic imine (C=N–C) groups is 1. The van der Waals surface area contributed by atoms with Crippen LogP contribution in [0.25, 0.3) is 0 Å². The molecule has 0 fully saturated rings. The van der Waals surface area contributed by atoms with E-state index >= 15 is 0 Å². The third-order valence-corrected chi connectivity index (χ3v) is 3.75. The molecule has 158 valence electrons. The number of ether oxygens (including phenoxy) is 2. The summed E-state index contributed by atoms with van der Waals surface area (Å²) in [6, 6.07) is 11.0. The number of nitrogens with zero attached hydrogens (tertiary/aromatic N) is 2. The van der Waals surface area contributed by atoms with Gasteiger partial charge in [-0.1, -0.05) is 6.07 Å². The van der Waals surface area contributed by atoms with Gasteiger partial charge in [-0.15, -0.1) is 24.0 Å². The quantitative estimate of drug-likeness (QED) is 0.285. The molecule has 1 aromatic heterocycles. The Labute approximate surface area is 188 Å². The Morgan fingerprint density at radius 3 is 2.62 bits per heavy atom. The van der Waals surface area contributed by atoms with Gasteiger partial charge in [0.15, 0.2) is 17.5 Å². The molecule has 3 N–H and O–H groups in total. The predicted molar refractivity (Wildman–Crippen MR) is 127 cm³/mol. The van der Waals surface area contributed by atoms with Crippen LogP contribution in [0.15, 0.2) is 41.4 Å². The maximum absolute atomic E-state index is 12.1. The Morgan fingerprint density at radius 2 is 1.97 bits per heavy atom. The molecule has 9 heteroatoms. The normalized spacial score (nSPS) is 10.6. The second kappa shape index (κ2) is 12.8. The van der Waals surface area contributed by atoms with Gasteiger partial charge in [-0.2, -0.15) is 0 Å². The molecule has 1 amide bonds. The van der Waals surface area contributed by atoms with Crippen LogP contribution < -0.4 is 25.4 Å². The SMILES string of the molecule is CCOc1cc(NC(=NC)NCCC(=O)Nc2cccc(C)n2)ccc1OC.I. The first-order chi connectivity index (χ1) is 13.5. The second-order valence-corrected chi connectivity index (χ2v) is 5.89. The number of benzene rings is 1. The number of nitrogens with one attached hydrogen (secondary N) is 3. The van der Waals surface area contributed by atoms with Crippen LogP contribution in [0.2, 0.25) is 0 Å². The number of rotatable bonds is 8. The number of carbonyl (C=O) groups is 1. The second-order valence-electron chi connectivity index (χ2n) is 5.89. The average Bonchev–Trinajstić information content (AvgIpc) is 2.67. The molecule has 0 bridgehead atoms. The number of carbonyl (C=O) groups excluding carboxylic acids is 1. The number of hydrogen-bond acceptors (Lipinski definition) is 5. The zero-order valence-corrected chi connectivity index (χ0v) is 19.4. The zero-order valence-electron chi connectivity index (χ0n) is 17.1. The van der Waals surface area contributed by atoms with Crippen molar-refractivity contribution in [2.75, 3.05) is 37.9 Å². The van der Waals surface area contributed by atoms with Gasteiger partial charge in [0.1, 0.15) is 5.82 Å². The first-order valence-electron chi connectivity index (χ1n) is 9.07. The maximum atomic E-state index is 12.1. The summed E-state index contributed by atoms with van der Waals surface area (Å²) in [5, 5.41) is 9.06. The molecular weight excluding hydrogens is 485 g/mol. The number of methoxy groups -OCH3 is 1. The Hall–Kier alpha value is -2.56. The van der Waals surface area contributed by atoms with Crippen molar-refractivity contribution in [1.29, 1.82) is 0 Å². The minimum atomic E-state index is -0.121. The minimum absolute atomic E-state index is 0. The minimum Gasteiger partial charge on any atom is -0.493 e. The summed E-state index contributed by atoms with van der Waals surface area (Å²) >= 11 is 0. The lowest BCUT2D eigenvalue weighted by Gasteiger charge is -2.14. The van der Waals surface area contributed by atoms with Gasteiger partial charge in [0.2, 0.25) is 5.91 Å². The van der Waals surface area contributed by atoms with Gasteiger partial charge in [-0.05, 0) is 38.1 Å². The van der Waals surface area contributed by atoms with E-state index in [-0.39, 0.29) is 36.3 Å². The third-order valence-electron chi connectivity index (χ3n) is 3.75. The molecule has 0 spiro atoms. The van der Waals surface area contributed by atoms with E-state index in [2.05, 4.69) is 25.9 Å². The van der Waals surface area contributed by atoms with E-state index in [0.29, 0.717) is 36.4 Å². The molecule has 1 heterocycles. The first kappa shape index (κ1) is 24.5. The van der Waals surface area contributed by atoms with E-state index in [1.807, 2.05) is 44.2 Å². The highest BCUT2D eigenvalue weighted by atomic mass is 127. The molecule has 0 atom stereocenters. The Kier molecular flexibility index (Phi) is 10.8. The molecule has 0 radical (unpaired) electrons. The van der Waals surface area contributed by atoms with Crippen molar-refractivity contribution < 1.29 is 14.3 Å². The Bertz CT molecular complexity index is 830. The number of hydrogen-bond donors (Lipinski definition) is 3. The fourth-order valence-electron chi connectivity index (χ4n) is 2.45. The lowest BCUT2D eigenvalue weighted by molar-refractivity contribution is -0.116. The van der Waals surface area contributed by atoms with Crippen LogP contribution in [0.3, 0.4) is 0 Å². The fraction of sp³-hybridized carbons (Fsp3) is 0.350. The lowest BCUT2D eigenvalue weighted by Crippen LogP contribution is -2.33. The zero-order chi connectivity index (χ0) is 20.4. The van der Waals surface area contributed by atoms with Crippen molar-refractivity contribution in [3.05, 3.63) is 42.1 Å². The van der Waals surface area contributed by atoms with Crippen LogP contribution in [0.1, 0.15) is 19.0 Å². The van der Waals surface area contributed by atoms with Gasteiger partial charge < -0.3 is 25.4 Å². The summed E-state index contributed by atoms with van der Waals surface area (Å²) in [7, 11) is 3.27. The number of aromatic nitrogens is 1. The molecular formula is C20H28IN5O3. The Morgan fingerprint density at radius 1 is 1.17 bits per heavy atom. The molecule has 0 aliphatic carbocycles. The van der Waals surface area contributed by atoms with Crippen LogP contribution in [0, 0.1) is 6.92 Å². The summed E-state index contributed by atoms with van der Waals surface area (Å²) in [4.78, 5) is 20.5. The van der Waals surface area contributed by atoms with Crippen LogP contribution >= 0.6 is 24.0 Å². The molecule has 0 saturated carbocycles. The van der Waals surface area contributed by atoms with E-state index in [9.17, 15) is 4.79 Å². The molecule has 8 nitrogen and oxygen atoms in total. The van der Waals surface area contributed by atoms with Crippen LogP contribution in [0.4, 0.5) is 11.5 Å². The van der Waals surface area contributed by atoms with E-state index in [0.717, 1.165) is 11.4 Å².